The van der Waals surface area contributed by atoms with E-state index in [4.69, 9.17) is 10.4 Å². The highest BCUT2D eigenvalue weighted by Crippen LogP contribution is 2.21. The van der Waals surface area contributed by atoms with Crippen LogP contribution in [0, 0.1) is 11.3 Å². The lowest BCUT2D eigenvalue weighted by Crippen LogP contribution is -2.51. The van der Waals surface area contributed by atoms with Crippen LogP contribution < -0.4 is 10.2 Å². The first kappa shape index (κ1) is 11.9. The number of anilines is 1. The van der Waals surface area contributed by atoms with Crippen LogP contribution in [0.25, 0.3) is 0 Å². The van der Waals surface area contributed by atoms with Gasteiger partial charge in [0.05, 0.1) is 11.3 Å². The number of hydrogen-bond donors (Lipinski definition) is 2. The fraction of sp³-hybridized carbons (Fsp3) is 0.462. The lowest BCUT2D eigenvalue weighted by molar-refractivity contribution is 0.260. The standard InChI is InChI=1S/C13H17N3O/c14-9-11-3-1-2-4-13(11)16-7-6-15-12(10-16)5-8-17/h1-4,12,15,17H,5-8,10H2. The van der Waals surface area contributed by atoms with Crippen molar-refractivity contribution >= 4 is 5.69 Å². The summed E-state index contributed by atoms with van der Waals surface area (Å²) in [5.41, 5.74) is 1.72. The zero-order valence-electron chi connectivity index (χ0n) is 9.76. The Morgan fingerprint density at radius 3 is 3.06 bits per heavy atom. The number of benzene rings is 1. The van der Waals surface area contributed by atoms with Crippen LogP contribution >= 0.6 is 0 Å². The molecule has 1 aromatic rings. The Kier molecular flexibility index (Phi) is 3.97. The SMILES string of the molecule is N#Cc1ccccc1N1CCNC(CCO)C1. The second kappa shape index (κ2) is 5.67. The molecule has 0 radical (unpaired) electrons. The van der Waals surface area contributed by atoms with Gasteiger partial charge in [0.1, 0.15) is 6.07 Å². The first-order valence-corrected chi connectivity index (χ1v) is 5.93. The Hall–Kier alpha value is -1.57. The molecule has 0 bridgehead atoms. The minimum atomic E-state index is 0.200. The lowest BCUT2D eigenvalue weighted by Gasteiger charge is -2.35. The highest BCUT2D eigenvalue weighted by molar-refractivity contribution is 5.59. The van der Waals surface area contributed by atoms with Crippen molar-refractivity contribution in [3.8, 4) is 6.07 Å². The largest absolute Gasteiger partial charge is 0.396 e. The molecular weight excluding hydrogens is 214 g/mol. The van der Waals surface area contributed by atoms with E-state index < -0.39 is 0 Å². The second-order valence-electron chi connectivity index (χ2n) is 4.24. The van der Waals surface area contributed by atoms with Crippen LogP contribution in [0.5, 0.6) is 0 Å². The van der Waals surface area contributed by atoms with Gasteiger partial charge in [0.15, 0.2) is 0 Å². The van der Waals surface area contributed by atoms with Crippen molar-refractivity contribution in [2.75, 3.05) is 31.1 Å². The number of rotatable bonds is 3. The van der Waals surface area contributed by atoms with Gasteiger partial charge in [-0.2, -0.15) is 5.26 Å². The molecule has 1 aliphatic heterocycles. The average molecular weight is 231 g/mol. The number of piperazine rings is 1. The summed E-state index contributed by atoms with van der Waals surface area (Å²) < 4.78 is 0. The maximum absolute atomic E-state index is 9.09. The molecule has 17 heavy (non-hydrogen) atoms. The van der Waals surface area contributed by atoms with E-state index in [-0.39, 0.29) is 6.61 Å². The van der Waals surface area contributed by atoms with Gasteiger partial charge in [0, 0.05) is 32.3 Å². The summed E-state index contributed by atoms with van der Waals surface area (Å²) in [4.78, 5) is 2.22. The Bertz CT molecular complexity index is 411. The summed E-state index contributed by atoms with van der Waals surface area (Å²) in [6, 6.07) is 10.2. The van der Waals surface area contributed by atoms with E-state index >= 15 is 0 Å². The molecular formula is C13H17N3O. The van der Waals surface area contributed by atoms with Gasteiger partial charge in [-0.05, 0) is 18.6 Å². The fourth-order valence-electron chi connectivity index (χ4n) is 2.24. The van der Waals surface area contributed by atoms with Crippen LogP contribution in [-0.2, 0) is 0 Å². The van der Waals surface area contributed by atoms with Crippen molar-refractivity contribution in [3.05, 3.63) is 29.8 Å². The van der Waals surface area contributed by atoms with E-state index in [1.54, 1.807) is 0 Å². The molecule has 1 atom stereocenters. The number of hydrogen-bond acceptors (Lipinski definition) is 4. The molecule has 0 amide bonds. The molecule has 1 aliphatic rings. The van der Waals surface area contributed by atoms with Crippen LogP contribution in [0.3, 0.4) is 0 Å². The topological polar surface area (TPSA) is 59.3 Å². The number of nitrogens with zero attached hydrogens (tertiary/aromatic N) is 2. The van der Waals surface area contributed by atoms with E-state index in [0.717, 1.165) is 37.3 Å². The zero-order valence-corrected chi connectivity index (χ0v) is 9.76. The van der Waals surface area contributed by atoms with Gasteiger partial charge in [-0.1, -0.05) is 12.1 Å². The molecule has 0 saturated carbocycles. The maximum atomic E-state index is 9.09. The van der Waals surface area contributed by atoms with Crippen LogP contribution in [0.4, 0.5) is 5.69 Å². The van der Waals surface area contributed by atoms with E-state index in [1.807, 2.05) is 24.3 Å². The van der Waals surface area contributed by atoms with Gasteiger partial charge >= 0.3 is 0 Å². The average Bonchev–Trinajstić information content (AvgIpc) is 2.39. The number of nitriles is 1. The zero-order chi connectivity index (χ0) is 12.1. The molecule has 1 saturated heterocycles. The van der Waals surface area contributed by atoms with Crippen molar-refractivity contribution in [2.45, 2.75) is 12.5 Å². The minimum Gasteiger partial charge on any atom is -0.396 e. The number of nitrogens with one attached hydrogen (secondary N) is 1. The minimum absolute atomic E-state index is 0.200. The van der Waals surface area contributed by atoms with Gasteiger partial charge < -0.3 is 15.3 Å². The summed E-state index contributed by atoms with van der Waals surface area (Å²) in [5.74, 6) is 0. The predicted octanol–water partition coefficient (Wildman–Crippen LogP) is 0.719. The monoisotopic (exact) mass is 231 g/mol. The van der Waals surface area contributed by atoms with Crippen LogP contribution in [-0.4, -0.2) is 37.4 Å². The number of aliphatic hydroxyl groups is 1. The van der Waals surface area contributed by atoms with Crippen molar-refractivity contribution in [1.29, 1.82) is 5.26 Å². The molecule has 4 heteroatoms. The molecule has 4 nitrogen and oxygen atoms in total. The van der Waals surface area contributed by atoms with Crippen molar-refractivity contribution in [3.63, 3.8) is 0 Å². The number of aliphatic hydroxyl groups excluding tert-OH is 1. The Morgan fingerprint density at radius 2 is 2.29 bits per heavy atom. The summed E-state index contributed by atoms with van der Waals surface area (Å²) in [6.07, 6.45) is 0.755. The molecule has 1 unspecified atom stereocenters. The molecule has 2 N–H and O–H groups in total. The van der Waals surface area contributed by atoms with Gasteiger partial charge in [-0.15, -0.1) is 0 Å². The van der Waals surface area contributed by atoms with E-state index in [2.05, 4.69) is 16.3 Å². The van der Waals surface area contributed by atoms with Crippen molar-refractivity contribution in [2.24, 2.45) is 0 Å². The molecule has 1 aromatic carbocycles. The van der Waals surface area contributed by atoms with E-state index in [0.29, 0.717) is 6.04 Å². The van der Waals surface area contributed by atoms with E-state index in [1.165, 1.54) is 0 Å². The van der Waals surface area contributed by atoms with Crippen molar-refractivity contribution < 1.29 is 5.11 Å². The summed E-state index contributed by atoms with van der Waals surface area (Å²) in [5, 5.41) is 21.4. The first-order valence-electron chi connectivity index (χ1n) is 5.93. The third-order valence-corrected chi connectivity index (χ3v) is 3.10. The van der Waals surface area contributed by atoms with Crippen LogP contribution in [0.1, 0.15) is 12.0 Å². The Labute approximate surface area is 101 Å². The second-order valence-corrected chi connectivity index (χ2v) is 4.24. The highest BCUT2D eigenvalue weighted by Gasteiger charge is 2.20. The molecule has 90 valence electrons. The van der Waals surface area contributed by atoms with Crippen LogP contribution in [0.2, 0.25) is 0 Å². The Morgan fingerprint density at radius 1 is 1.47 bits per heavy atom. The van der Waals surface area contributed by atoms with Crippen molar-refractivity contribution in [1.82, 2.24) is 5.32 Å². The Balaban J connectivity index is 2.14. The van der Waals surface area contributed by atoms with Gasteiger partial charge in [0.25, 0.3) is 0 Å². The maximum Gasteiger partial charge on any atom is 0.101 e. The third-order valence-electron chi connectivity index (χ3n) is 3.10. The molecule has 1 fully saturated rings. The fourth-order valence-corrected chi connectivity index (χ4v) is 2.24. The van der Waals surface area contributed by atoms with Gasteiger partial charge in [0.2, 0.25) is 0 Å². The summed E-state index contributed by atoms with van der Waals surface area (Å²) in [6.45, 7) is 2.84. The quantitative estimate of drug-likeness (QED) is 0.804. The lowest BCUT2D eigenvalue weighted by atomic mass is 10.1. The first-order chi connectivity index (χ1) is 8.35. The summed E-state index contributed by atoms with van der Waals surface area (Å²) >= 11 is 0. The normalized spacial score (nSPS) is 20.0. The molecule has 0 aromatic heterocycles. The molecule has 1 heterocycles. The molecule has 0 spiro atoms. The smallest absolute Gasteiger partial charge is 0.101 e. The third kappa shape index (κ3) is 2.76. The van der Waals surface area contributed by atoms with Gasteiger partial charge in [-0.3, -0.25) is 0 Å². The highest BCUT2D eigenvalue weighted by atomic mass is 16.3. The van der Waals surface area contributed by atoms with E-state index in [9.17, 15) is 0 Å². The summed E-state index contributed by atoms with van der Waals surface area (Å²) in [7, 11) is 0. The predicted molar refractivity (Wildman–Crippen MR) is 66.9 cm³/mol. The molecule has 2 rings (SSSR count). The van der Waals surface area contributed by atoms with Crippen LogP contribution in [0.15, 0.2) is 24.3 Å². The number of para-hydroxylation sites is 1. The van der Waals surface area contributed by atoms with Gasteiger partial charge in [-0.25, -0.2) is 0 Å². The molecule has 0 aliphatic carbocycles.